The van der Waals surface area contributed by atoms with Gasteiger partial charge in [-0.25, -0.2) is 0 Å². The maximum Gasteiger partial charge on any atom is 0.136 e. The molecule has 0 spiro atoms. The Balaban J connectivity index is 2.61. The summed E-state index contributed by atoms with van der Waals surface area (Å²) < 4.78 is 5.64. The van der Waals surface area contributed by atoms with E-state index in [4.69, 9.17) is 15.4 Å². The van der Waals surface area contributed by atoms with E-state index in [1.54, 1.807) is 12.1 Å². The molecule has 1 heterocycles. The molecular formula is C13H8N2O. The number of fused-ring (bicyclic) bond motifs is 3. The summed E-state index contributed by atoms with van der Waals surface area (Å²) in [5.41, 5.74) is 8.50. The molecule has 16 heavy (non-hydrogen) atoms. The number of hydrogen-bond donors (Lipinski definition) is 1. The van der Waals surface area contributed by atoms with Gasteiger partial charge in [-0.15, -0.1) is 0 Å². The molecule has 0 atom stereocenters. The summed E-state index contributed by atoms with van der Waals surface area (Å²) in [7, 11) is 0. The molecule has 0 saturated carbocycles. The number of hydrogen-bond acceptors (Lipinski definition) is 3. The van der Waals surface area contributed by atoms with Crippen LogP contribution in [-0.2, 0) is 0 Å². The highest BCUT2D eigenvalue weighted by atomic mass is 16.3. The van der Waals surface area contributed by atoms with E-state index in [1.807, 2.05) is 24.3 Å². The summed E-state index contributed by atoms with van der Waals surface area (Å²) in [6.45, 7) is 0. The molecule has 0 saturated heterocycles. The van der Waals surface area contributed by atoms with E-state index in [2.05, 4.69) is 6.07 Å². The number of benzene rings is 2. The number of rotatable bonds is 0. The first-order chi connectivity index (χ1) is 7.79. The SMILES string of the molecule is N#Cc1cccc2oc3ccc(N)cc3c12. The van der Waals surface area contributed by atoms with Crippen LogP contribution in [0, 0.1) is 11.3 Å². The predicted molar refractivity (Wildman–Crippen MR) is 62.8 cm³/mol. The van der Waals surface area contributed by atoms with E-state index >= 15 is 0 Å². The minimum absolute atomic E-state index is 0.613. The fraction of sp³-hybridized carbons (Fsp3) is 0. The zero-order valence-corrected chi connectivity index (χ0v) is 8.40. The first kappa shape index (κ1) is 8.81. The van der Waals surface area contributed by atoms with Gasteiger partial charge in [0, 0.05) is 16.5 Å². The van der Waals surface area contributed by atoms with Gasteiger partial charge in [-0.3, -0.25) is 0 Å². The second kappa shape index (κ2) is 3.01. The average Bonchev–Trinajstić information content (AvgIpc) is 2.66. The van der Waals surface area contributed by atoms with Crippen molar-refractivity contribution in [3.63, 3.8) is 0 Å². The van der Waals surface area contributed by atoms with Crippen LogP contribution in [-0.4, -0.2) is 0 Å². The molecule has 2 aromatic carbocycles. The monoisotopic (exact) mass is 208 g/mol. The Hall–Kier alpha value is -2.47. The molecule has 3 rings (SSSR count). The first-order valence-electron chi connectivity index (χ1n) is 4.90. The first-order valence-corrected chi connectivity index (χ1v) is 4.90. The average molecular weight is 208 g/mol. The number of nitrogens with zero attached hydrogens (tertiary/aromatic N) is 1. The summed E-state index contributed by atoms with van der Waals surface area (Å²) in [5, 5.41) is 10.8. The lowest BCUT2D eigenvalue weighted by Gasteiger charge is -1.93. The molecule has 0 unspecified atom stereocenters. The van der Waals surface area contributed by atoms with Crippen LogP contribution in [0.1, 0.15) is 5.56 Å². The van der Waals surface area contributed by atoms with Gasteiger partial charge in [0.25, 0.3) is 0 Å². The molecule has 0 bridgehead atoms. The third kappa shape index (κ3) is 1.07. The molecule has 3 aromatic rings. The Morgan fingerprint density at radius 1 is 1.12 bits per heavy atom. The molecule has 0 fully saturated rings. The molecule has 3 heteroatoms. The van der Waals surface area contributed by atoms with Crippen molar-refractivity contribution in [2.75, 3.05) is 5.73 Å². The highest BCUT2D eigenvalue weighted by Gasteiger charge is 2.10. The van der Waals surface area contributed by atoms with E-state index in [0.717, 1.165) is 21.9 Å². The van der Waals surface area contributed by atoms with Crippen LogP contribution >= 0.6 is 0 Å². The number of anilines is 1. The second-order valence-corrected chi connectivity index (χ2v) is 3.65. The van der Waals surface area contributed by atoms with Gasteiger partial charge in [0.05, 0.1) is 11.6 Å². The standard InChI is InChI=1S/C13H8N2O/c14-7-8-2-1-3-12-13(8)10-6-9(15)4-5-11(10)16-12/h1-6H,15H2. The molecule has 0 aliphatic heterocycles. The lowest BCUT2D eigenvalue weighted by atomic mass is 10.1. The Bertz CT molecular complexity index is 735. The summed E-state index contributed by atoms with van der Waals surface area (Å²) in [6, 6.07) is 13.1. The van der Waals surface area contributed by atoms with E-state index in [0.29, 0.717) is 11.3 Å². The third-order valence-electron chi connectivity index (χ3n) is 2.64. The molecular weight excluding hydrogens is 200 g/mol. The van der Waals surface area contributed by atoms with E-state index in [9.17, 15) is 0 Å². The van der Waals surface area contributed by atoms with Gasteiger partial charge in [-0.2, -0.15) is 5.26 Å². The van der Waals surface area contributed by atoms with Crippen molar-refractivity contribution >= 4 is 27.6 Å². The molecule has 0 aliphatic carbocycles. The quantitative estimate of drug-likeness (QED) is 0.577. The van der Waals surface area contributed by atoms with Crippen LogP contribution in [0.15, 0.2) is 40.8 Å². The minimum Gasteiger partial charge on any atom is -0.456 e. The normalized spacial score (nSPS) is 10.7. The number of furan rings is 1. The molecule has 76 valence electrons. The fourth-order valence-corrected chi connectivity index (χ4v) is 1.94. The molecule has 0 radical (unpaired) electrons. The predicted octanol–water partition coefficient (Wildman–Crippen LogP) is 3.04. The maximum absolute atomic E-state index is 9.06. The smallest absolute Gasteiger partial charge is 0.136 e. The van der Waals surface area contributed by atoms with Crippen LogP contribution in [0.3, 0.4) is 0 Å². The van der Waals surface area contributed by atoms with E-state index in [1.165, 1.54) is 0 Å². The van der Waals surface area contributed by atoms with Gasteiger partial charge in [-0.05, 0) is 30.3 Å². The number of nitrogens with two attached hydrogens (primary N) is 1. The van der Waals surface area contributed by atoms with Crippen LogP contribution in [0.2, 0.25) is 0 Å². The minimum atomic E-state index is 0.613. The van der Waals surface area contributed by atoms with E-state index < -0.39 is 0 Å². The highest BCUT2D eigenvalue weighted by molar-refractivity contribution is 6.08. The zero-order chi connectivity index (χ0) is 11.1. The summed E-state index contributed by atoms with van der Waals surface area (Å²) in [6.07, 6.45) is 0. The largest absolute Gasteiger partial charge is 0.456 e. The summed E-state index contributed by atoms with van der Waals surface area (Å²) in [4.78, 5) is 0. The van der Waals surface area contributed by atoms with Crippen molar-refractivity contribution in [3.05, 3.63) is 42.0 Å². The number of nitrogen functional groups attached to an aromatic ring is 1. The van der Waals surface area contributed by atoms with Crippen molar-refractivity contribution in [2.24, 2.45) is 0 Å². The topological polar surface area (TPSA) is 63.0 Å². The van der Waals surface area contributed by atoms with Crippen molar-refractivity contribution in [1.29, 1.82) is 5.26 Å². The second-order valence-electron chi connectivity index (χ2n) is 3.65. The van der Waals surface area contributed by atoms with Gasteiger partial charge in [0.15, 0.2) is 0 Å². The highest BCUT2D eigenvalue weighted by Crippen LogP contribution is 2.32. The van der Waals surface area contributed by atoms with Crippen LogP contribution in [0.5, 0.6) is 0 Å². The summed E-state index contributed by atoms with van der Waals surface area (Å²) >= 11 is 0. The Morgan fingerprint density at radius 3 is 2.81 bits per heavy atom. The van der Waals surface area contributed by atoms with Gasteiger partial charge < -0.3 is 10.2 Å². The van der Waals surface area contributed by atoms with Gasteiger partial charge in [0.2, 0.25) is 0 Å². The van der Waals surface area contributed by atoms with Crippen LogP contribution < -0.4 is 5.73 Å². The lowest BCUT2D eigenvalue weighted by molar-refractivity contribution is 0.669. The summed E-state index contributed by atoms with van der Waals surface area (Å²) in [5.74, 6) is 0. The molecule has 2 N–H and O–H groups in total. The van der Waals surface area contributed by atoms with Crippen LogP contribution in [0.25, 0.3) is 21.9 Å². The Labute approximate surface area is 91.7 Å². The van der Waals surface area contributed by atoms with Crippen molar-refractivity contribution in [2.45, 2.75) is 0 Å². The van der Waals surface area contributed by atoms with Gasteiger partial charge >= 0.3 is 0 Å². The Morgan fingerprint density at radius 2 is 2.00 bits per heavy atom. The number of nitriles is 1. The van der Waals surface area contributed by atoms with E-state index in [-0.39, 0.29) is 0 Å². The lowest BCUT2D eigenvalue weighted by Crippen LogP contribution is -1.82. The van der Waals surface area contributed by atoms with Crippen molar-refractivity contribution in [1.82, 2.24) is 0 Å². The van der Waals surface area contributed by atoms with Gasteiger partial charge in [-0.1, -0.05) is 6.07 Å². The molecule has 1 aromatic heterocycles. The fourth-order valence-electron chi connectivity index (χ4n) is 1.94. The molecule has 0 amide bonds. The molecule has 3 nitrogen and oxygen atoms in total. The Kier molecular flexibility index (Phi) is 1.66. The molecule has 0 aliphatic rings. The third-order valence-corrected chi connectivity index (χ3v) is 2.64. The van der Waals surface area contributed by atoms with Crippen molar-refractivity contribution in [3.8, 4) is 6.07 Å². The van der Waals surface area contributed by atoms with Gasteiger partial charge in [0.1, 0.15) is 11.2 Å². The van der Waals surface area contributed by atoms with Crippen molar-refractivity contribution < 1.29 is 4.42 Å². The zero-order valence-electron chi connectivity index (χ0n) is 8.40. The van der Waals surface area contributed by atoms with Crippen LogP contribution in [0.4, 0.5) is 5.69 Å². The maximum atomic E-state index is 9.06.